The molecule has 9 aromatic rings. The zero-order valence-electron chi connectivity index (χ0n) is 43.3. The summed E-state index contributed by atoms with van der Waals surface area (Å²) < 4.78 is 14.8. The molecule has 7 aromatic carbocycles. The lowest BCUT2D eigenvalue weighted by Crippen LogP contribution is -2.32. The number of anilines is 1. The van der Waals surface area contributed by atoms with Crippen molar-refractivity contribution in [3.63, 3.8) is 0 Å². The molecule has 76 heavy (non-hydrogen) atoms. The second kappa shape index (κ2) is 25.7. The Bertz CT molecular complexity index is 3460. The van der Waals surface area contributed by atoms with Gasteiger partial charge in [0.15, 0.2) is 6.61 Å². The monoisotopic (exact) mass is 1060 g/mol. The molecule has 13 nitrogen and oxygen atoms in total. The summed E-state index contributed by atoms with van der Waals surface area (Å²) in [5, 5.41) is 46.7. The molecule has 0 amide bonds. The van der Waals surface area contributed by atoms with E-state index in [-0.39, 0.29) is 53.7 Å². The van der Waals surface area contributed by atoms with E-state index >= 15 is 0 Å². The summed E-state index contributed by atoms with van der Waals surface area (Å²) in [5.74, 6) is -3.49. The van der Waals surface area contributed by atoms with Crippen LogP contribution in [0, 0.1) is 13.8 Å². The topological polar surface area (TPSA) is 169 Å². The minimum Gasteiger partial charge on any atom is -0.872 e. The Morgan fingerprint density at radius 1 is 0.711 bits per heavy atom. The second-order valence-corrected chi connectivity index (χ2v) is 18.7. The number of pyridine rings is 1. The van der Waals surface area contributed by atoms with Crippen molar-refractivity contribution in [2.75, 3.05) is 52.8 Å². The van der Waals surface area contributed by atoms with Crippen LogP contribution in [-0.4, -0.2) is 90.6 Å². The quantitative estimate of drug-likeness (QED) is 0.0700. The van der Waals surface area contributed by atoms with Gasteiger partial charge in [0, 0.05) is 84.0 Å². The molecule has 0 aliphatic rings. The summed E-state index contributed by atoms with van der Waals surface area (Å²) >= 11 is 5.72. The highest BCUT2D eigenvalue weighted by molar-refractivity contribution is 6.30. The van der Waals surface area contributed by atoms with Crippen LogP contribution in [0.4, 0.5) is 5.69 Å². The van der Waals surface area contributed by atoms with Crippen LogP contribution in [0.15, 0.2) is 152 Å². The van der Waals surface area contributed by atoms with E-state index in [0.29, 0.717) is 45.5 Å². The fraction of sp³-hybridized carbons (Fsp3) is 0.180. The summed E-state index contributed by atoms with van der Waals surface area (Å²) in [6.45, 7) is 5.33. The summed E-state index contributed by atoms with van der Waals surface area (Å²) in [5.41, 5.74) is 8.40. The highest BCUT2D eigenvalue weighted by atomic mass is 35.5. The molecule has 15 heteroatoms. The number of carbonyl (C=O) groups is 3. The fourth-order valence-electron chi connectivity index (χ4n) is 8.68. The molecule has 0 atom stereocenters. The predicted octanol–water partition coefficient (Wildman–Crippen LogP) is 11.3. The lowest BCUT2D eigenvalue weighted by molar-refractivity contribution is -0.646. The van der Waals surface area contributed by atoms with Crippen molar-refractivity contribution >= 4 is 92.2 Å². The number of aromatic hydroxyl groups is 1. The average molecular weight is 1060 g/mol. The molecule has 0 saturated carbocycles. The molecular formula is C61H60Cl2N4O9. The van der Waals surface area contributed by atoms with E-state index in [2.05, 4.69) is 128 Å². The number of ether oxygens (including phenoxy) is 2. The van der Waals surface area contributed by atoms with Gasteiger partial charge in [-0.3, -0.25) is 0 Å². The summed E-state index contributed by atoms with van der Waals surface area (Å²) in [6.07, 6.45) is 4.32. The molecule has 2 heterocycles. The number of halogens is 2. The van der Waals surface area contributed by atoms with Gasteiger partial charge in [-0.1, -0.05) is 84.1 Å². The maximum Gasteiger partial charge on any atom is 0.344 e. The van der Waals surface area contributed by atoms with E-state index in [4.69, 9.17) is 21.1 Å². The number of likely N-dealkylation sites (N-methyl/N-ethyl adjacent to an activating group) is 1. The third-order valence-corrected chi connectivity index (χ3v) is 12.9. The Hall–Kier alpha value is -8.36. The minimum atomic E-state index is -1.34. The number of hydrogen-bond acceptors (Lipinski definition) is 9. The van der Waals surface area contributed by atoms with Crippen LogP contribution in [0.2, 0.25) is 5.02 Å². The van der Waals surface area contributed by atoms with Gasteiger partial charge < -0.3 is 44.3 Å². The third-order valence-electron chi connectivity index (χ3n) is 12.6. The van der Waals surface area contributed by atoms with Crippen molar-refractivity contribution < 1.29 is 48.9 Å². The number of carboxylic acids is 2. The van der Waals surface area contributed by atoms with Crippen molar-refractivity contribution in [3.05, 3.63) is 202 Å². The Balaban J connectivity index is 0.000000191. The van der Waals surface area contributed by atoms with Gasteiger partial charge in [-0.15, -0.1) is 12.4 Å². The smallest absolute Gasteiger partial charge is 0.344 e. The van der Waals surface area contributed by atoms with Gasteiger partial charge in [0.05, 0.1) is 5.56 Å². The standard InChI is InChI=1S/C26H28N3.C23H16O6.C12H16ClNO3.ClH/c1-19-17-21(20(2)29(19)24-9-7-6-8-10-24)11-13-23-14-12-22-18-25(27(3)4)15-16-26(22)28(23)5;24-20-16(14-7-3-1-5-12(14)9-18(20)22(26)27)11-17-15-8-4-2-6-13(15)10-19(21(17)25)23(28)29;1-14(2)7-8-16-12(15)9-17-11-5-3-10(13)4-6-11;/h6-18H,1-5H3;1-10,24-25H,11H2,(H,26,27)(H,28,29);3-6H,7-9H2,1-2H3;1H/q+1;;;/p-1. The Kier molecular flexibility index (Phi) is 19.3. The largest absolute Gasteiger partial charge is 0.872 e. The summed E-state index contributed by atoms with van der Waals surface area (Å²) in [7, 11) is 10.1. The number of aryl methyl sites for hydroxylation is 2. The molecule has 0 aliphatic carbocycles. The SMILES string of the molecule is CN(C)CCOC(=O)COc1ccc(Cl)cc1.Cc1cc(C=Cc2ccc3cc(N(C)C)ccc3[n+]2C)c(C)n1-c1ccccc1.Cl.O=C(O)c1cc2ccccc2c(Cc2c(O)c(C(=O)O)cc3ccccc23)c1[O-]. The van der Waals surface area contributed by atoms with E-state index in [1.54, 1.807) is 72.8 Å². The van der Waals surface area contributed by atoms with Crippen LogP contribution in [-0.2, 0) is 23.0 Å². The van der Waals surface area contributed by atoms with Gasteiger partial charge in [0.2, 0.25) is 11.2 Å². The average Bonchev–Trinajstić information content (AvgIpc) is 3.70. The molecule has 0 bridgehead atoms. The first-order valence-corrected chi connectivity index (χ1v) is 24.4. The number of hydrogen-bond donors (Lipinski definition) is 3. The number of carbonyl (C=O) groups excluding carboxylic acids is 1. The zero-order valence-corrected chi connectivity index (χ0v) is 44.9. The van der Waals surface area contributed by atoms with Crippen molar-refractivity contribution in [3.8, 4) is 22.9 Å². The number of phenols is 1. The van der Waals surface area contributed by atoms with E-state index in [1.165, 1.54) is 57.1 Å². The maximum atomic E-state index is 12.9. The Morgan fingerprint density at radius 2 is 1.32 bits per heavy atom. The number of fused-ring (bicyclic) bond motifs is 3. The Morgan fingerprint density at radius 3 is 1.93 bits per heavy atom. The molecule has 392 valence electrons. The number of rotatable bonds is 14. The molecule has 3 N–H and O–H groups in total. The molecule has 2 aromatic heterocycles. The lowest BCUT2D eigenvalue weighted by atomic mass is 9.90. The van der Waals surface area contributed by atoms with Gasteiger partial charge in [0.25, 0.3) is 0 Å². The zero-order chi connectivity index (χ0) is 53.9. The van der Waals surface area contributed by atoms with Crippen molar-refractivity contribution in [1.29, 1.82) is 0 Å². The predicted molar refractivity (Wildman–Crippen MR) is 303 cm³/mol. The van der Waals surface area contributed by atoms with Gasteiger partial charge in [-0.2, -0.15) is 4.57 Å². The minimum absolute atomic E-state index is 0. The van der Waals surface area contributed by atoms with E-state index in [1.807, 2.05) is 19.0 Å². The van der Waals surface area contributed by atoms with Crippen LogP contribution in [0.5, 0.6) is 17.2 Å². The lowest BCUT2D eigenvalue weighted by Gasteiger charge is -2.21. The number of benzene rings is 7. The Labute approximate surface area is 453 Å². The van der Waals surface area contributed by atoms with E-state index < -0.39 is 23.4 Å². The molecule has 0 saturated heterocycles. The highest BCUT2D eigenvalue weighted by Crippen LogP contribution is 2.38. The molecule has 9 rings (SSSR count). The second-order valence-electron chi connectivity index (χ2n) is 18.3. The van der Waals surface area contributed by atoms with Crippen molar-refractivity contribution in [2.24, 2.45) is 7.05 Å². The molecule has 0 aliphatic heterocycles. The van der Waals surface area contributed by atoms with Crippen LogP contribution in [0.1, 0.15) is 54.5 Å². The van der Waals surface area contributed by atoms with Crippen LogP contribution in [0.25, 0.3) is 50.3 Å². The molecule has 0 unspecified atom stereocenters. The third kappa shape index (κ3) is 13.7. The van der Waals surface area contributed by atoms with E-state index in [9.17, 15) is 34.8 Å². The number of para-hydroxylation sites is 1. The van der Waals surface area contributed by atoms with Crippen LogP contribution in [0.3, 0.4) is 0 Å². The highest BCUT2D eigenvalue weighted by Gasteiger charge is 2.21. The van der Waals surface area contributed by atoms with Crippen molar-refractivity contribution in [1.82, 2.24) is 9.47 Å². The van der Waals surface area contributed by atoms with Gasteiger partial charge in [0.1, 0.15) is 30.7 Å². The molecule has 0 radical (unpaired) electrons. The summed E-state index contributed by atoms with van der Waals surface area (Å²) in [4.78, 5) is 38.5. The molecular weight excluding hydrogens is 1000 g/mol. The first-order chi connectivity index (χ1) is 35.9. The van der Waals surface area contributed by atoms with Crippen molar-refractivity contribution in [2.45, 2.75) is 20.3 Å². The maximum absolute atomic E-state index is 12.9. The normalized spacial score (nSPS) is 10.9. The first-order valence-electron chi connectivity index (χ1n) is 24.0. The van der Waals surface area contributed by atoms with Gasteiger partial charge >= 0.3 is 17.9 Å². The molecule has 0 fully saturated rings. The van der Waals surface area contributed by atoms with Gasteiger partial charge in [-0.25, -0.2) is 14.4 Å². The van der Waals surface area contributed by atoms with Gasteiger partial charge in [-0.05, 0) is 139 Å². The summed E-state index contributed by atoms with van der Waals surface area (Å²) in [6, 6.07) is 47.1. The number of aromatic carboxylic acids is 2. The fourth-order valence-corrected chi connectivity index (χ4v) is 8.81. The number of esters is 1. The number of nitrogens with zero attached hydrogens (tertiary/aromatic N) is 4. The first kappa shape index (κ1) is 56.9. The molecule has 0 spiro atoms. The van der Waals surface area contributed by atoms with E-state index in [0.717, 1.165) is 0 Å². The van der Waals surface area contributed by atoms with Crippen LogP contribution >= 0.6 is 24.0 Å². The number of carboxylic acid groups (broad SMARTS) is 2. The number of aromatic nitrogens is 2. The van der Waals surface area contributed by atoms with Crippen LogP contribution < -0.4 is 19.3 Å².